The van der Waals surface area contributed by atoms with Crippen LogP contribution in [0.3, 0.4) is 0 Å². The second-order valence-corrected chi connectivity index (χ2v) is 3.48. The highest BCUT2D eigenvalue weighted by molar-refractivity contribution is 5.84. The van der Waals surface area contributed by atoms with Gasteiger partial charge in [-0.2, -0.15) is 0 Å². The van der Waals surface area contributed by atoms with Gasteiger partial charge in [0.2, 0.25) is 0 Å². The lowest BCUT2D eigenvalue weighted by molar-refractivity contribution is 0.0550. The second kappa shape index (κ2) is 5.04. The Balaban J connectivity index is 3.89. The first-order valence-corrected chi connectivity index (χ1v) is 4.36. The van der Waals surface area contributed by atoms with Crippen molar-refractivity contribution >= 4 is 5.84 Å². The van der Waals surface area contributed by atoms with Crippen molar-refractivity contribution in [2.75, 3.05) is 6.54 Å². The van der Waals surface area contributed by atoms with Crippen molar-refractivity contribution in [2.24, 2.45) is 10.9 Å². The molecule has 0 fully saturated rings. The van der Waals surface area contributed by atoms with Crippen molar-refractivity contribution in [2.45, 2.75) is 38.8 Å². The van der Waals surface area contributed by atoms with Crippen LogP contribution in [-0.2, 0) is 0 Å². The first-order chi connectivity index (χ1) is 5.93. The lowest BCUT2D eigenvalue weighted by atomic mass is 10.0. The maximum Gasteiger partial charge on any atom is 0.156 e. The number of hydrogen-bond donors (Lipinski definition) is 4. The molecule has 0 bridgehead atoms. The van der Waals surface area contributed by atoms with Gasteiger partial charge in [-0.3, -0.25) is 0 Å². The van der Waals surface area contributed by atoms with E-state index in [4.69, 9.17) is 10.9 Å². The van der Waals surface area contributed by atoms with E-state index in [1.54, 1.807) is 13.8 Å². The Kier molecular flexibility index (Phi) is 4.72. The third kappa shape index (κ3) is 4.69. The molecule has 0 aromatic carbocycles. The molecule has 0 amide bonds. The summed E-state index contributed by atoms with van der Waals surface area (Å²) >= 11 is 0. The Hall–Kier alpha value is -0.810. The van der Waals surface area contributed by atoms with Crippen molar-refractivity contribution in [1.82, 2.24) is 5.32 Å². The van der Waals surface area contributed by atoms with Crippen LogP contribution >= 0.6 is 0 Å². The molecule has 0 saturated carbocycles. The molecule has 2 unspecified atom stereocenters. The second-order valence-electron chi connectivity index (χ2n) is 3.48. The summed E-state index contributed by atoms with van der Waals surface area (Å²) in [5.74, 6) is 0.118. The average Bonchev–Trinajstić information content (AvgIpc) is 2.13. The summed E-state index contributed by atoms with van der Waals surface area (Å²) in [7, 11) is 0. The summed E-state index contributed by atoms with van der Waals surface area (Å²) in [4.78, 5) is 0. The average molecular weight is 189 g/mol. The quantitative estimate of drug-likeness (QED) is 0.210. The highest BCUT2D eigenvalue weighted by Gasteiger charge is 2.18. The fourth-order valence-corrected chi connectivity index (χ4v) is 0.689. The zero-order valence-corrected chi connectivity index (χ0v) is 8.41. The summed E-state index contributed by atoms with van der Waals surface area (Å²) < 4.78 is 0. The smallest absolute Gasteiger partial charge is 0.156 e. The molecule has 0 aromatic heterocycles. The number of rotatable bonds is 5. The van der Waals surface area contributed by atoms with Crippen LogP contribution in [-0.4, -0.2) is 34.3 Å². The van der Waals surface area contributed by atoms with E-state index in [9.17, 15) is 5.11 Å². The van der Waals surface area contributed by atoms with Gasteiger partial charge in [0.05, 0.1) is 11.6 Å². The number of aliphatic hydroxyl groups is 1. The van der Waals surface area contributed by atoms with Crippen LogP contribution in [0.1, 0.15) is 27.2 Å². The maximum absolute atomic E-state index is 9.62. The molecule has 13 heavy (non-hydrogen) atoms. The maximum atomic E-state index is 9.62. The molecule has 0 aliphatic carbocycles. The minimum Gasteiger partial charge on any atom is -0.409 e. The van der Waals surface area contributed by atoms with Crippen LogP contribution in [0, 0.1) is 0 Å². The number of hydrogen-bond acceptors (Lipinski definition) is 4. The van der Waals surface area contributed by atoms with Gasteiger partial charge in [-0.15, -0.1) is 0 Å². The molecule has 0 saturated heterocycles. The van der Waals surface area contributed by atoms with Gasteiger partial charge >= 0.3 is 0 Å². The first kappa shape index (κ1) is 12.2. The van der Waals surface area contributed by atoms with Crippen LogP contribution in [0.25, 0.3) is 0 Å². The number of oxime groups is 1. The Bertz CT molecular complexity index is 180. The molecule has 0 radical (unpaired) electrons. The fraction of sp³-hybridized carbons (Fsp3) is 0.875. The van der Waals surface area contributed by atoms with Gasteiger partial charge in [0.1, 0.15) is 0 Å². The topological polar surface area (TPSA) is 90.9 Å². The summed E-state index contributed by atoms with van der Waals surface area (Å²) in [6.07, 6.45) is 0.656. The molecular formula is C8H19N3O2. The number of amidine groups is 1. The van der Waals surface area contributed by atoms with Crippen molar-refractivity contribution in [3.05, 3.63) is 0 Å². The molecule has 0 heterocycles. The molecule has 5 N–H and O–H groups in total. The standard InChI is InChI=1S/C8H19N3O2/c1-4-8(3,12)5-10-6(2)7(9)11-13/h6,10,12-13H,4-5H2,1-3H3,(H2,9,11). The first-order valence-electron chi connectivity index (χ1n) is 4.36. The van der Waals surface area contributed by atoms with Gasteiger partial charge < -0.3 is 21.4 Å². The molecule has 0 spiro atoms. The van der Waals surface area contributed by atoms with Crippen molar-refractivity contribution in [1.29, 1.82) is 0 Å². The van der Waals surface area contributed by atoms with Gasteiger partial charge in [0.25, 0.3) is 0 Å². The largest absolute Gasteiger partial charge is 0.409 e. The van der Waals surface area contributed by atoms with Crippen LogP contribution in [0.2, 0.25) is 0 Å². The molecular weight excluding hydrogens is 170 g/mol. The van der Waals surface area contributed by atoms with E-state index < -0.39 is 5.60 Å². The Labute approximate surface area is 78.6 Å². The molecule has 0 rings (SSSR count). The predicted octanol–water partition coefficient (Wildman–Crippen LogP) is -0.128. The van der Waals surface area contributed by atoms with Gasteiger partial charge in [0, 0.05) is 6.54 Å². The van der Waals surface area contributed by atoms with E-state index in [1.807, 2.05) is 6.92 Å². The summed E-state index contributed by atoms with van der Waals surface area (Å²) in [5, 5.41) is 23.8. The van der Waals surface area contributed by atoms with Crippen molar-refractivity contribution in [3.8, 4) is 0 Å². The van der Waals surface area contributed by atoms with Crippen LogP contribution < -0.4 is 11.1 Å². The van der Waals surface area contributed by atoms with E-state index in [0.717, 1.165) is 0 Å². The fourth-order valence-electron chi connectivity index (χ4n) is 0.689. The molecule has 5 heteroatoms. The monoisotopic (exact) mass is 189 g/mol. The lowest BCUT2D eigenvalue weighted by Crippen LogP contribution is -2.46. The van der Waals surface area contributed by atoms with E-state index in [-0.39, 0.29) is 11.9 Å². The molecule has 2 atom stereocenters. The zero-order chi connectivity index (χ0) is 10.5. The van der Waals surface area contributed by atoms with E-state index in [2.05, 4.69) is 10.5 Å². The summed E-state index contributed by atoms with van der Waals surface area (Å²) in [6.45, 7) is 5.82. The minimum absolute atomic E-state index is 0.118. The Morgan fingerprint density at radius 2 is 2.23 bits per heavy atom. The minimum atomic E-state index is -0.746. The molecule has 78 valence electrons. The molecule has 0 aliphatic heterocycles. The molecule has 0 aliphatic rings. The Morgan fingerprint density at radius 1 is 1.69 bits per heavy atom. The van der Waals surface area contributed by atoms with Gasteiger partial charge in [-0.05, 0) is 20.3 Å². The van der Waals surface area contributed by atoms with E-state index in [0.29, 0.717) is 13.0 Å². The predicted molar refractivity (Wildman–Crippen MR) is 51.8 cm³/mol. The number of nitrogens with zero attached hydrogens (tertiary/aromatic N) is 1. The van der Waals surface area contributed by atoms with Crippen molar-refractivity contribution < 1.29 is 10.3 Å². The number of nitrogens with one attached hydrogen (secondary N) is 1. The van der Waals surface area contributed by atoms with Crippen LogP contribution in [0.15, 0.2) is 5.16 Å². The van der Waals surface area contributed by atoms with Gasteiger partial charge in [0.15, 0.2) is 5.84 Å². The highest BCUT2D eigenvalue weighted by Crippen LogP contribution is 2.06. The van der Waals surface area contributed by atoms with Crippen LogP contribution in [0.5, 0.6) is 0 Å². The summed E-state index contributed by atoms with van der Waals surface area (Å²) in [6, 6.07) is -0.233. The van der Waals surface area contributed by atoms with E-state index in [1.165, 1.54) is 0 Å². The third-order valence-corrected chi connectivity index (χ3v) is 2.11. The van der Waals surface area contributed by atoms with Crippen molar-refractivity contribution in [3.63, 3.8) is 0 Å². The highest BCUT2D eigenvalue weighted by atomic mass is 16.4. The lowest BCUT2D eigenvalue weighted by Gasteiger charge is -2.23. The molecule has 0 aromatic rings. The normalized spacial score (nSPS) is 19.5. The number of nitrogens with two attached hydrogens (primary N) is 1. The molecule has 5 nitrogen and oxygen atoms in total. The summed E-state index contributed by atoms with van der Waals surface area (Å²) in [5.41, 5.74) is 4.60. The third-order valence-electron chi connectivity index (χ3n) is 2.11. The SMILES string of the molecule is CCC(C)(O)CNC(C)C(N)=NO. The van der Waals surface area contributed by atoms with Gasteiger partial charge in [-0.25, -0.2) is 0 Å². The zero-order valence-electron chi connectivity index (χ0n) is 8.41. The van der Waals surface area contributed by atoms with Crippen LogP contribution in [0.4, 0.5) is 0 Å². The van der Waals surface area contributed by atoms with Gasteiger partial charge in [-0.1, -0.05) is 12.1 Å². The Morgan fingerprint density at radius 3 is 2.62 bits per heavy atom. The van der Waals surface area contributed by atoms with E-state index >= 15 is 0 Å².